The minimum Gasteiger partial charge on any atom is -0.394 e. The van der Waals surface area contributed by atoms with Crippen molar-refractivity contribution in [1.29, 1.82) is 0 Å². The first-order valence-electron chi connectivity index (χ1n) is 8.51. The van der Waals surface area contributed by atoms with Crippen LogP contribution < -0.4 is 0 Å². The molecule has 25 heavy (non-hydrogen) atoms. The Balaban J connectivity index is 0. The van der Waals surface area contributed by atoms with Crippen LogP contribution in [0.3, 0.4) is 0 Å². The van der Waals surface area contributed by atoms with Gasteiger partial charge in [0, 0.05) is 0 Å². The first-order chi connectivity index (χ1) is 12.1. The molecule has 2 unspecified atom stereocenters. The summed E-state index contributed by atoms with van der Waals surface area (Å²) >= 11 is 0. The van der Waals surface area contributed by atoms with Crippen LogP contribution in [0.25, 0.3) is 0 Å². The van der Waals surface area contributed by atoms with Gasteiger partial charge >= 0.3 is 0 Å². The summed E-state index contributed by atoms with van der Waals surface area (Å²) in [5, 5.41) is 34.0. The molecule has 0 aliphatic rings. The number of hydrogen-bond donors (Lipinski definition) is 4. The molecule has 154 valence electrons. The maximum absolute atomic E-state index is 8.69. The molecule has 9 heteroatoms. The van der Waals surface area contributed by atoms with E-state index in [9.17, 15) is 0 Å². The van der Waals surface area contributed by atoms with Crippen LogP contribution in [0.1, 0.15) is 13.8 Å². The topological polar surface area (TPSA) is 127 Å². The molecule has 0 saturated carbocycles. The second kappa shape index (κ2) is 23.6. The highest BCUT2D eigenvalue weighted by Gasteiger charge is 2.00. The van der Waals surface area contributed by atoms with Gasteiger partial charge in [0.15, 0.2) is 0 Å². The Morgan fingerprint density at radius 1 is 0.640 bits per heavy atom. The van der Waals surface area contributed by atoms with Gasteiger partial charge in [-0.25, -0.2) is 0 Å². The standard InChI is InChI=1S/C10H22O6.C6H14O3/c11-1-3-13-5-7-15-9-10-16-8-6-14-4-2-12;1-5(8)4-9-6(2)3-7/h11-12H,1-10H2;5-8H,3-4H2,1-2H3. The molecule has 0 aliphatic heterocycles. The molecular weight excluding hydrogens is 336 g/mol. The molecule has 9 nitrogen and oxygen atoms in total. The molecule has 0 aromatic heterocycles. The van der Waals surface area contributed by atoms with Crippen LogP contribution >= 0.6 is 0 Å². The molecule has 0 radical (unpaired) electrons. The van der Waals surface area contributed by atoms with Crippen LogP contribution in [0.5, 0.6) is 0 Å². The third-order valence-electron chi connectivity index (χ3n) is 2.47. The lowest BCUT2D eigenvalue weighted by molar-refractivity contribution is -0.0177. The second-order valence-electron chi connectivity index (χ2n) is 5.07. The fourth-order valence-corrected chi connectivity index (χ4v) is 1.25. The van der Waals surface area contributed by atoms with Gasteiger partial charge in [-0.15, -0.1) is 0 Å². The van der Waals surface area contributed by atoms with Gasteiger partial charge in [-0.05, 0) is 13.8 Å². The zero-order chi connectivity index (χ0) is 19.2. The Morgan fingerprint density at radius 3 is 1.28 bits per heavy atom. The van der Waals surface area contributed by atoms with E-state index < -0.39 is 6.10 Å². The van der Waals surface area contributed by atoms with Crippen LogP contribution in [-0.4, -0.2) is 112 Å². The quantitative estimate of drug-likeness (QED) is 0.233. The molecule has 0 saturated heterocycles. The second-order valence-corrected chi connectivity index (χ2v) is 5.07. The number of ether oxygens (including phenoxy) is 5. The van der Waals surface area contributed by atoms with Gasteiger partial charge in [0.2, 0.25) is 0 Å². The van der Waals surface area contributed by atoms with E-state index in [1.807, 2.05) is 0 Å². The predicted octanol–water partition coefficient (Wildman–Crippen LogP) is -1.20. The molecule has 0 fully saturated rings. The lowest BCUT2D eigenvalue weighted by atomic mass is 10.4. The smallest absolute Gasteiger partial charge is 0.0779 e. The molecule has 0 aromatic rings. The Bertz CT molecular complexity index is 216. The van der Waals surface area contributed by atoms with E-state index in [1.54, 1.807) is 13.8 Å². The first kappa shape index (κ1) is 26.9. The van der Waals surface area contributed by atoms with Crippen molar-refractivity contribution in [2.75, 3.05) is 79.3 Å². The van der Waals surface area contributed by atoms with Gasteiger partial charge in [-0.2, -0.15) is 0 Å². The number of rotatable bonds is 17. The summed E-state index contributed by atoms with van der Waals surface area (Å²) in [6.07, 6.45) is -0.612. The lowest BCUT2D eigenvalue weighted by Gasteiger charge is -2.10. The largest absolute Gasteiger partial charge is 0.394 e. The normalized spacial score (nSPS) is 13.2. The van der Waals surface area contributed by atoms with Crippen molar-refractivity contribution in [3.63, 3.8) is 0 Å². The van der Waals surface area contributed by atoms with Crippen LogP contribution in [-0.2, 0) is 23.7 Å². The fraction of sp³-hybridized carbons (Fsp3) is 1.00. The van der Waals surface area contributed by atoms with Crippen molar-refractivity contribution >= 4 is 0 Å². The highest BCUT2D eigenvalue weighted by molar-refractivity contribution is 4.47. The van der Waals surface area contributed by atoms with Gasteiger partial charge in [0.1, 0.15) is 0 Å². The zero-order valence-electron chi connectivity index (χ0n) is 15.5. The maximum Gasteiger partial charge on any atom is 0.0779 e. The Hall–Kier alpha value is -0.360. The van der Waals surface area contributed by atoms with Crippen molar-refractivity contribution < 1.29 is 44.1 Å². The fourth-order valence-electron chi connectivity index (χ4n) is 1.25. The summed E-state index contributed by atoms with van der Waals surface area (Å²) in [5.74, 6) is 0. The molecule has 0 aliphatic carbocycles. The summed E-state index contributed by atoms with van der Waals surface area (Å²) in [6.45, 7) is 7.49. The summed E-state index contributed by atoms with van der Waals surface area (Å²) in [5.41, 5.74) is 0. The molecular formula is C16H36O9. The van der Waals surface area contributed by atoms with Gasteiger partial charge < -0.3 is 44.1 Å². The highest BCUT2D eigenvalue weighted by atomic mass is 16.6. The number of hydrogen-bond acceptors (Lipinski definition) is 9. The minimum atomic E-state index is -0.445. The monoisotopic (exact) mass is 372 g/mol. The average Bonchev–Trinajstić information content (AvgIpc) is 2.61. The molecule has 2 atom stereocenters. The Labute approximate surface area is 150 Å². The third kappa shape index (κ3) is 28.7. The summed E-state index contributed by atoms with van der Waals surface area (Å²) < 4.78 is 25.3. The summed E-state index contributed by atoms with van der Waals surface area (Å²) in [7, 11) is 0. The van der Waals surface area contributed by atoms with Crippen molar-refractivity contribution in [3.05, 3.63) is 0 Å². The third-order valence-corrected chi connectivity index (χ3v) is 2.47. The Kier molecular flexibility index (Phi) is 25.4. The van der Waals surface area contributed by atoms with Crippen molar-refractivity contribution in [1.82, 2.24) is 0 Å². The highest BCUT2D eigenvalue weighted by Crippen LogP contribution is 1.90. The van der Waals surface area contributed by atoms with E-state index >= 15 is 0 Å². The summed E-state index contributed by atoms with van der Waals surface area (Å²) in [6, 6.07) is 0. The van der Waals surface area contributed by atoms with Gasteiger partial charge in [0.05, 0.1) is 91.5 Å². The molecule has 4 N–H and O–H groups in total. The SMILES string of the molecule is CC(O)COC(C)CO.OCCOCCOCCOCCOCCO. The van der Waals surface area contributed by atoms with E-state index in [0.29, 0.717) is 59.5 Å². The molecule has 0 aromatic carbocycles. The van der Waals surface area contributed by atoms with Crippen molar-refractivity contribution in [3.8, 4) is 0 Å². The molecule has 0 spiro atoms. The summed E-state index contributed by atoms with van der Waals surface area (Å²) in [4.78, 5) is 0. The van der Waals surface area contributed by atoms with Gasteiger partial charge in [-0.1, -0.05) is 0 Å². The average molecular weight is 372 g/mol. The van der Waals surface area contributed by atoms with E-state index in [0.717, 1.165) is 0 Å². The maximum atomic E-state index is 8.69. The molecule has 0 amide bonds. The minimum absolute atomic E-state index is 0.00667. The molecule has 0 heterocycles. The lowest BCUT2D eigenvalue weighted by Crippen LogP contribution is -2.19. The zero-order valence-corrected chi connectivity index (χ0v) is 15.5. The van der Waals surface area contributed by atoms with Crippen molar-refractivity contribution in [2.45, 2.75) is 26.1 Å². The van der Waals surface area contributed by atoms with Gasteiger partial charge in [-0.3, -0.25) is 0 Å². The molecule has 0 bridgehead atoms. The molecule has 0 rings (SSSR count). The van der Waals surface area contributed by atoms with Gasteiger partial charge in [0.25, 0.3) is 0 Å². The van der Waals surface area contributed by atoms with Crippen LogP contribution in [0.2, 0.25) is 0 Å². The van der Waals surface area contributed by atoms with Crippen LogP contribution in [0.4, 0.5) is 0 Å². The Morgan fingerprint density at radius 2 is 1.00 bits per heavy atom. The number of aliphatic hydroxyl groups is 4. The predicted molar refractivity (Wildman–Crippen MR) is 91.6 cm³/mol. The van der Waals surface area contributed by atoms with E-state index in [1.165, 1.54) is 0 Å². The first-order valence-corrected chi connectivity index (χ1v) is 8.51. The van der Waals surface area contributed by atoms with E-state index in [-0.39, 0.29) is 25.9 Å². The number of aliphatic hydroxyl groups excluding tert-OH is 4. The van der Waals surface area contributed by atoms with Crippen LogP contribution in [0.15, 0.2) is 0 Å². The van der Waals surface area contributed by atoms with Crippen LogP contribution in [0, 0.1) is 0 Å². The van der Waals surface area contributed by atoms with E-state index in [4.69, 9.17) is 44.1 Å². The van der Waals surface area contributed by atoms with E-state index in [2.05, 4.69) is 0 Å². The van der Waals surface area contributed by atoms with Crippen molar-refractivity contribution in [2.24, 2.45) is 0 Å².